The average molecular weight is 242 g/mol. The van der Waals surface area contributed by atoms with Gasteiger partial charge in [-0.1, -0.05) is 12.1 Å². The number of terminal acetylenes is 1. The zero-order valence-electron chi connectivity index (χ0n) is 9.98. The van der Waals surface area contributed by atoms with Crippen molar-refractivity contribution in [3.63, 3.8) is 0 Å². The number of carbonyl (C=O) groups excluding carboxylic acids is 1. The van der Waals surface area contributed by atoms with E-state index in [4.69, 9.17) is 16.4 Å². The summed E-state index contributed by atoms with van der Waals surface area (Å²) in [7, 11) is 0. The number of unbranched alkanes of at least 4 members (excludes halogenated alkanes) is 1. The lowest BCUT2D eigenvalue weighted by atomic mass is 10.2. The molecule has 4 heteroatoms. The van der Waals surface area contributed by atoms with E-state index >= 15 is 0 Å². The van der Waals surface area contributed by atoms with E-state index in [0.717, 1.165) is 6.42 Å². The second-order valence-electron chi connectivity index (χ2n) is 3.55. The Hall–Kier alpha value is -2.46. The third-order valence-electron chi connectivity index (χ3n) is 2.19. The molecule has 0 aliphatic rings. The summed E-state index contributed by atoms with van der Waals surface area (Å²) < 4.78 is 5.27. The normalized spacial score (nSPS) is 9.00. The first kappa shape index (κ1) is 13.6. The number of carbonyl (C=O) groups is 1. The number of hydrogen-bond donors (Lipinski definition) is 1. The van der Waals surface area contributed by atoms with E-state index < -0.39 is 0 Å². The summed E-state index contributed by atoms with van der Waals surface area (Å²) >= 11 is 0. The maximum absolute atomic E-state index is 11.4. The van der Waals surface area contributed by atoms with E-state index in [0.29, 0.717) is 24.3 Å². The molecule has 0 aliphatic carbocycles. The van der Waals surface area contributed by atoms with Gasteiger partial charge in [-0.15, -0.1) is 12.3 Å². The van der Waals surface area contributed by atoms with E-state index in [1.807, 2.05) is 6.07 Å². The van der Waals surface area contributed by atoms with Crippen molar-refractivity contribution >= 4 is 5.91 Å². The average Bonchev–Trinajstić information content (AvgIpc) is 2.41. The van der Waals surface area contributed by atoms with Crippen molar-refractivity contribution in [1.82, 2.24) is 5.32 Å². The number of nitriles is 1. The van der Waals surface area contributed by atoms with Crippen LogP contribution in [0.15, 0.2) is 24.3 Å². The van der Waals surface area contributed by atoms with Gasteiger partial charge in [0, 0.05) is 13.0 Å². The van der Waals surface area contributed by atoms with E-state index in [1.54, 1.807) is 24.3 Å². The lowest BCUT2D eigenvalue weighted by Crippen LogP contribution is -2.29. The highest BCUT2D eigenvalue weighted by Gasteiger charge is 2.05. The summed E-state index contributed by atoms with van der Waals surface area (Å²) in [4.78, 5) is 11.4. The third-order valence-corrected chi connectivity index (χ3v) is 2.19. The number of amides is 1. The minimum atomic E-state index is -0.222. The molecule has 0 heterocycles. The summed E-state index contributed by atoms with van der Waals surface area (Å²) in [5, 5.41) is 11.5. The van der Waals surface area contributed by atoms with Crippen molar-refractivity contribution in [1.29, 1.82) is 5.26 Å². The molecule has 1 amide bonds. The number of nitrogens with one attached hydrogen (secondary N) is 1. The molecule has 1 N–H and O–H groups in total. The fourth-order valence-corrected chi connectivity index (χ4v) is 1.30. The number of ether oxygens (including phenoxy) is 1. The molecule has 0 unspecified atom stereocenters. The topological polar surface area (TPSA) is 62.1 Å². The Kier molecular flexibility index (Phi) is 5.86. The monoisotopic (exact) mass is 242 g/mol. The maximum atomic E-state index is 11.4. The minimum absolute atomic E-state index is 0.102. The zero-order valence-corrected chi connectivity index (χ0v) is 9.98. The van der Waals surface area contributed by atoms with Gasteiger partial charge < -0.3 is 10.1 Å². The van der Waals surface area contributed by atoms with Crippen LogP contribution in [0, 0.1) is 23.7 Å². The molecule has 4 nitrogen and oxygen atoms in total. The van der Waals surface area contributed by atoms with Crippen LogP contribution in [0.4, 0.5) is 0 Å². The first-order chi connectivity index (χ1) is 8.77. The number of para-hydroxylation sites is 1. The lowest BCUT2D eigenvalue weighted by Gasteiger charge is -2.07. The molecule has 0 aliphatic heterocycles. The Morgan fingerprint density at radius 1 is 1.44 bits per heavy atom. The van der Waals surface area contributed by atoms with Crippen molar-refractivity contribution in [2.75, 3.05) is 13.2 Å². The highest BCUT2D eigenvalue weighted by atomic mass is 16.5. The van der Waals surface area contributed by atoms with Crippen LogP contribution in [-0.4, -0.2) is 19.1 Å². The number of nitrogens with zero attached hydrogens (tertiary/aromatic N) is 1. The number of hydrogen-bond acceptors (Lipinski definition) is 3. The molecule has 0 spiro atoms. The Balaban J connectivity index is 2.34. The van der Waals surface area contributed by atoms with Crippen LogP contribution < -0.4 is 10.1 Å². The van der Waals surface area contributed by atoms with Gasteiger partial charge in [-0.25, -0.2) is 0 Å². The lowest BCUT2D eigenvalue weighted by molar-refractivity contribution is -0.123. The van der Waals surface area contributed by atoms with Gasteiger partial charge in [0.2, 0.25) is 0 Å². The van der Waals surface area contributed by atoms with Crippen molar-refractivity contribution in [3.05, 3.63) is 29.8 Å². The molecule has 0 fully saturated rings. The Bertz CT molecular complexity index is 483. The molecule has 18 heavy (non-hydrogen) atoms. The molecular weight excluding hydrogens is 228 g/mol. The van der Waals surface area contributed by atoms with Crippen molar-refractivity contribution in [2.45, 2.75) is 12.8 Å². The van der Waals surface area contributed by atoms with Crippen molar-refractivity contribution < 1.29 is 9.53 Å². The second kappa shape index (κ2) is 7.76. The van der Waals surface area contributed by atoms with Crippen LogP contribution in [0.5, 0.6) is 5.75 Å². The van der Waals surface area contributed by atoms with E-state index in [9.17, 15) is 4.79 Å². The van der Waals surface area contributed by atoms with E-state index in [2.05, 4.69) is 11.2 Å². The standard InChI is InChI=1S/C14H14N2O2/c1-2-3-6-9-16-14(17)11-18-13-8-5-4-7-12(13)10-15/h1,4-5,7-8H,3,6,9,11H2,(H,16,17). The summed E-state index contributed by atoms with van der Waals surface area (Å²) in [5.41, 5.74) is 0.414. The van der Waals surface area contributed by atoms with Gasteiger partial charge in [-0.05, 0) is 18.6 Å². The van der Waals surface area contributed by atoms with Gasteiger partial charge in [-0.2, -0.15) is 5.26 Å². The van der Waals surface area contributed by atoms with Crippen LogP contribution in [0.2, 0.25) is 0 Å². The van der Waals surface area contributed by atoms with Crippen LogP contribution in [0.25, 0.3) is 0 Å². The molecule has 1 rings (SSSR count). The Morgan fingerprint density at radius 3 is 2.94 bits per heavy atom. The first-order valence-electron chi connectivity index (χ1n) is 5.60. The maximum Gasteiger partial charge on any atom is 0.257 e. The number of rotatable bonds is 6. The summed E-state index contributed by atoms with van der Waals surface area (Å²) in [6.45, 7) is 0.432. The molecule has 1 aromatic rings. The Morgan fingerprint density at radius 2 is 2.22 bits per heavy atom. The highest BCUT2D eigenvalue weighted by Crippen LogP contribution is 2.15. The molecular formula is C14H14N2O2. The van der Waals surface area contributed by atoms with Gasteiger partial charge >= 0.3 is 0 Å². The fraction of sp³-hybridized carbons (Fsp3) is 0.286. The molecule has 0 saturated heterocycles. The molecule has 0 bridgehead atoms. The molecule has 92 valence electrons. The first-order valence-corrected chi connectivity index (χ1v) is 5.60. The highest BCUT2D eigenvalue weighted by molar-refractivity contribution is 5.77. The number of benzene rings is 1. The SMILES string of the molecule is C#CCCCNC(=O)COc1ccccc1C#N. The van der Waals surface area contributed by atoms with Crippen LogP contribution in [0.1, 0.15) is 18.4 Å². The van der Waals surface area contributed by atoms with Crippen molar-refractivity contribution in [3.8, 4) is 24.2 Å². The van der Waals surface area contributed by atoms with Crippen molar-refractivity contribution in [2.24, 2.45) is 0 Å². The zero-order chi connectivity index (χ0) is 13.2. The predicted molar refractivity (Wildman–Crippen MR) is 67.7 cm³/mol. The van der Waals surface area contributed by atoms with Gasteiger partial charge in [0.05, 0.1) is 5.56 Å². The molecule has 1 aromatic carbocycles. The third kappa shape index (κ3) is 4.59. The van der Waals surface area contributed by atoms with E-state index in [1.165, 1.54) is 0 Å². The second-order valence-corrected chi connectivity index (χ2v) is 3.55. The summed E-state index contributed by atoms with van der Waals surface area (Å²) in [6, 6.07) is 8.79. The van der Waals surface area contributed by atoms with E-state index in [-0.39, 0.29) is 12.5 Å². The molecule has 0 radical (unpaired) electrons. The Labute approximate surface area is 107 Å². The van der Waals surface area contributed by atoms with Gasteiger partial charge in [-0.3, -0.25) is 4.79 Å². The quantitative estimate of drug-likeness (QED) is 0.607. The summed E-state index contributed by atoms with van der Waals surface area (Å²) in [6.07, 6.45) is 6.48. The fourth-order valence-electron chi connectivity index (χ4n) is 1.30. The van der Waals surface area contributed by atoms with Crippen LogP contribution in [0.3, 0.4) is 0 Å². The molecule has 0 saturated carbocycles. The smallest absolute Gasteiger partial charge is 0.257 e. The van der Waals surface area contributed by atoms with Crippen LogP contribution in [-0.2, 0) is 4.79 Å². The molecule has 0 atom stereocenters. The minimum Gasteiger partial charge on any atom is -0.482 e. The summed E-state index contributed by atoms with van der Waals surface area (Å²) in [5.74, 6) is 2.69. The predicted octanol–water partition coefficient (Wildman–Crippen LogP) is 1.47. The van der Waals surface area contributed by atoms with Gasteiger partial charge in [0.1, 0.15) is 11.8 Å². The van der Waals surface area contributed by atoms with Gasteiger partial charge in [0.15, 0.2) is 6.61 Å². The van der Waals surface area contributed by atoms with Gasteiger partial charge in [0.25, 0.3) is 5.91 Å². The van der Waals surface area contributed by atoms with Crippen LogP contribution >= 0.6 is 0 Å². The molecule has 0 aromatic heterocycles. The largest absolute Gasteiger partial charge is 0.482 e.